The highest BCUT2D eigenvalue weighted by atomic mass is 32.7. The molecule has 2 heterocycles. The minimum absolute atomic E-state index is 0.0202. The van der Waals surface area contributed by atoms with Gasteiger partial charge < -0.3 is 35.8 Å². The van der Waals surface area contributed by atoms with Crippen LogP contribution in [0, 0.1) is 0 Å². The zero-order valence-electron chi connectivity index (χ0n) is 20.2. The largest absolute Gasteiger partial charge is 0.417 e. The van der Waals surface area contributed by atoms with E-state index in [1.165, 1.54) is 31.9 Å². The van der Waals surface area contributed by atoms with E-state index in [-0.39, 0.29) is 12.2 Å². The Balaban J connectivity index is 0.000000856. The molecule has 14 nitrogen and oxygen atoms in total. The van der Waals surface area contributed by atoms with Crippen LogP contribution in [0.25, 0.3) is 0 Å². The van der Waals surface area contributed by atoms with Crippen molar-refractivity contribution in [1.82, 2.24) is 14.5 Å². The summed E-state index contributed by atoms with van der Waals surface area (Å²) in [5.41, 5.74) is 10.5. The van der Waals surface area contributed by atoms with Crippen LogP contribution in [-0.4, -0.2) is 72.9 Å². The summed E-state index contributed by atoms with van der Waals surface area (Å²) in [6.07, 6.45) is -0.581. The van der Waals surface area contributed by atoms with E-state index in [1.54, 1.807) is 0 Å². The molecule has 0 aromatic carbocycles. The number of nitrogen functional groups attached to an aromatic ring is 1. The molecule has 21 heteroatoms. The van der Waals surface area contributed by atoms with Gasteiger partial charge in [0, 0.05) is 18.7 Å². The number of hydrogen-bond donors (Lipinski definition) is 6. The summed E-state index contributed by atoms with van der Waals surface area (Å²) in [6.45, 7) is -1.14. The summed E-state index contributed by atoms with van der Waals surface area (Å²) < 4.78 is 66.2. The normalized spacial score (nSPS) is 23.7. The SMILES string of the molecule is CCN(CC)CC.Nc1ccn([C@H]2C[C@H](N)[C@@H](COP(=O)(S)OP(=O)(O)C(F)(F)P(O)(O)=S)O2)c(=O)n1. The molecule has 5 atom stereocenters. The molecule has 216 valence electrons. The topological polar surface area (TPSA) is 213 Å². The fourth-order valence-electron chi connectivity index (χ4n) is 2.95. The second-order valence-corrected chi connectivity index (χ2v) is 16.1. The third-order valence-electron chi connectivity index (χ3n) is 5.09. The van der Waals surface area contributed by atoms with Crippen molar-refractivity contribution in [3.8, 4) is 0 Å². The quantitative estimate of drug-likeness (QED) is 0.152. The van der Waals surface area contributed by atoms with Crippen LogP contribution in [0.5, 0.6) is 0 Å². The van der Waals surface area contributed by atoms with Gasteiger partial charge in [-0.1, -0.05) is 33.0 Å². The first kappa shape index (κ1) is 34.7. The van der Waals surface area contributed by atoms with Crippen molar-refractivity contribution in [2.24, 2.45) is 5.73 Å². The van der Waals surface area contributed by atoms with E-state index >= 15 is 0 Å². The molecule has 1 fully saturated rings. The maximum atomic E-state index is 13.7. The van der Waals surface area contributed by atoms with Crippen molar-refractivity contribution in [1.29, 1.82) is 0 Å². The Labute approximate surface area is 222 Å². The fourth-order valence-corrected chi connectivity index (χ4v) is 8.65. The van der Waals surface area contributed by atoms with E-state index in [0.29, 0.717) is 0 Å². The Morgan fingerprint density at radius 3 is 2.27 bits per heavy atom. The smallest absolute Gasteiger partial charge is 0.383 e. The molecule has 0 amide bonds. The lowest BCUT2D eigenvalue weighted by atomic mass is 10.1. The molecule has 1 aliphatic heterocycles. The predicted molar refractivity (Wildman–Crippen MR) is 140 cm³/mol. The highest BCUT2D eigenvalue weighted by molar-refractivity contribution is 8.45. The summed E-state index contributed by atoms with van der Waals surface area (Å²) in [7, 11) is -6.28. The summed E-state index contributed by atoms with van der Waals surface area (Å²) in [4.78, 5) is 44.8. The Kier molecular flexibility index (Phi) is 13.0. The van der Waals surface area contributed by atoms with E-state index in [0.717, 1.165) is 4.57 Å². The van der Waals surface area contributed by atoms with Crippen LogP contribution in [0.2, 0.25) is 0 Å². The maximum absolute atomic E-state index is 13.7. The van der Waals surface area contributed by atoms with Crippen LogP contribution in [0.1, 0.15) is 33.4 Å². The molecule has 1 aliphatic rings. The standard InChI is InChI=1S/C10H17F2N4O9P3S2.C6H15N/c11-10(12,27(20,21)29)26(18,19)25-28(22,30)23-4-6-5(13)3-8(24-6)16-2-1-7(14)15-9(16)17;1-4-7(5-2)6-3/h1-2,5-6,8H,3-4,13H2,(H,18,19)(H,22,30)(H2,14,15,17)(H2,20,21,29);4-6H2,1-3H3/t5-,6+,8+,28?;/m0./s1. The average Bonchev–Trinajstić information content (AvgIpc) is 3.12. The molecule has 1 saturated heterocycles. The molecular formula is C16H32F2N5O9P3S2. The zero-order valence-corrected chi connectivity index (χ0v) is 24.6. The van der Waals surface area contributed by atoms with Crippen LogP contribution in [-0.2, 0) is 34.5 Å². The van der Waals surface area contributed by atoms with Gasteiger partial charge in [-0.15, -0.1) is 0 Å². The monoisotopic (exact) mass is 633 g/mol. The zero-order chi connectivity index (χ0) is 28.8. The molecule has 2 rings (SSSR count). The van der Waals surface area contributed by atoms with Crippen molar-refractivity contribution in [2.75, 3.05) is 32.0 Å². The number of anilines is 1. The van der Waals surface area contributed by atoms with Crippen molar-refractivity contribution in [3.05, 3.63) is 22.7 Å². The Bertz CT molecular complexity index is 1100. The van der Waals surface area contributed by atoms with Gasteiger partial charge in [0.15, 0.2) is 0 Å². The second-order valence-electron chi connectivity index (χ2n) is 7.61. The van der Waals surface area contributed by atoms with Crippen LogP contribution >= 0.6 is 33.1 Å². The van der Waals surface area contributed by atoms with Gasteiger partial charge in [-0.05, 0) is 37.5 Å². The number of alkyl halides is 2. The Morgan fingerprint density at radius 2 is 1.84 bits per heavy atom. The molecule has 2 unspecified atom stereocenters. The third kappa shape index (κ3) is 9.67. The van der Waals surface area contributed by atoms with Crippen LogP contribution in [0.15, 0.2) is 17.1 Å². The number of ether oxygens (including phenoxy) is 1. The van der Waals surface area contributed by atoms with Gasteiger partial charge in [0.2, 0.25) is 0 Å². The average molecular weight is 634 g/mol. The van der Waals surface area contributed by atoms with E-state index in [4.69, 9.17) is 26.0 Å². The molecule has 0 bridgehead atoms. The predicted octanol–water partition coefficient (Wildman–Crippen LogP) is 1.89. The van der Waals surface area contributed by atoms with Crippen LogP contribution < -0.4 is 17.2 Å². The summed E-state index contributed by atoms with van der Waals surface area (Å²) in [5, 5.41) is -5.19. The first-order chi connectivity index (χ1) is 16.8. The van der Waals surface area contributed by atoms with Gasteiger partial charge in [0.05, 0.1) is 12.7 Å². The Morgan fingerprint density at radius 1 is 1.30 bits per heavy atom. The number of nitrogens with two attached hydrogens (primary N) is 2. The lowest BCUT2D eigenvalue weighted by molar-refractivity contribution is -0.0229. The van der Waals surface area contributed by atoms with Crippen LogP contribution in [0.4, 0.5) is 14.6 Å². The van der Waals surface area contributed by atoms with Gasteiger partial charge in [-0.25, -0.2) is 13.7 Å². The van der Waals surface area contributed by atoms with Gasteiger partial charge in [0.1, 0.15) is 12.0 Å². The molecular weight excluding hydrogens is 601 g/mol. The number of aromatic nitrogens is 2. The maximum Gasteiger partial charge on any atom is 0.417 e. The number of thiol groups is 1. The van der Waals surface area contributed by atoms with Gasteiger partial charge in [-0.2, -0.15) is 13.8 Å². The van der Waals surface area contributed by atoms with Gasteiger partial charge in [-0.3, -0.25) is 13.7 Å². The van der Waals surface area contributed by atoms with E-state index in [1.807, 2.05) is 0 Å². The fraction of sp³-hybridized carbons (Fsp3) is 0.750. The minimum atomic E-state index is -6.28. The number of hydrogen-bond acceptors (Lipinski definition) is 11. The van der Waals surface area contributed by atoms with Crippen molar-refractivity contribution in [2.45, 2.75) is 51.0 Å². The molecule has 37 heavy (non-hydrogen) atoms. The minimum Gasteiger partial charge on any atom is -0.383 e. The Hall–Kier alpha value is -0.320. The number of rotatable bonds is 11. The number of nitrogens with zero attached hydrogens (tertiary/aromatic N) is 3. The van der Waals surface area contributed by atoms with Crippen molar-refractivity contribution < 1.29 is 46.2 Å². The highest BCUT2D eigenvalue weighted by Gasteiger charge is 2.63. The summed E-state index contributed by atoms with van der Waals surface area (Å²) >= 11 is 7.05. The van der Waals surface area contributed by atoms with E-state index in [9.17, 15) is 27.6 Å². The molecule has 0 aliphatic carbocycles. The van der Waals surface area contributed by atoms with Gasteiger partial charge in [0.25, 0.3) is 6.49 Å². The van der Waals surface area contributed by atoms with Crippen LogP contribution in [0.3, 0.4) is 0 Å². The first-order valence-corrected chi connectivity index (χ1v) is 17.7. The lowest BCUT2D eigenvalue weighted by Gasteiger charge is -2.26. The molecule has 1 aromatic rings. The van der Waals surface area contributed by atoms with E-state index in [2.05, 4.69) is 63.5 Å². The van der Waals surface area contributed by atoms with Crippen molar-refractivity contribution >= 4 is 50.8 Å². The molecule has 1 aromatic heterocycles. The highest BCUT2D eigenvalue weighted by Crippen LogP contribution is 2.79. The summed E-state index contributed by atoms with van der Waals surface area (Å²) in [6, 6.07) is 0.537. The molecule has 0 spiro atoms. The third-order valence-corrected chi connectivity index (χ3v) is 12.4. The lowest BCUT2D eigenvalue weighted by Crippen LogP contribution is -2.33. The molecule has 0 saturated carbocycles. The number of halogens is 2. The second kappa shape index (κ2) is 13.8. The van der Waals surface area contributed by atoms with E-state index < -0.39 is 57.0 Å². The first-order valence-electron chi connectivity index (χ1n) is 10.7. The molecule has 0 radical (unpaired) electrons. The summed E-state index contributed by atoms with van der Waals surface area (Å²) in [5.74, 6) is -0.0202. The van der Waals surface area contributed by atoms with Crippen molar-refractivity contribution in [3.63, 3.8) is 0 Å². The van der Waals surface area contributed by atoms with Gasteiger partial charge >= 0.3 is 25.5 Å². The molecule has 7 N–H and O–H groups in total.